The molecule has 0 fully saturated rings. The molecule has 2 heterocycles. The van der Waals surface area contributed by atoms with E-state index in [0.717, 1.165) is 18.7 Å². The topological polar surface area (TPSA) is 104 Å². The molecule has 0 saturated carbocycles. The van der Waals surface area contributed by atoms with Crippen LogP contribution in [0.2, 0.25) is 0 Å². The molecule has 0 spiro atoms. The largest absolute Gasteiger partial charge is 0.481 e. The Kier molecular flexibility index (Phi) is 4.37. The fourth-order valence-corrected chi connectivity index (χ4v) is 1.82. The molecule has 8 heteroatoms. The Labute approximate surface area is 111 Å². The molecule has 1 unspecified atom stereocenters. The van der Waals surface area contributed by atoms with Crippen LogP contribution in [0.25, 0.3) is 0 Å². The van der Waals surface area contributed by atoms with Gasteiger partial charge in [0.15, 0.2) is 0 Å². The second kappa shape index (κ2) is 6.21. The second-order valence-corrected chi connectivity index (χ2v) is 3.97. The number of hydrazine groups is 1. The number of nitrogens with two attached hydrogens (primary N) is 1. The summed E-state index contributed by atoms with van der Waals surface area (Å²) in [6, 6.07) is 1.42. The van der Waals surface area contributed by atoms with Gasteiger partial charge in [-0.3, -0.25) is 5.84 Å². The van der Waals surface area contributed by atoms with Crippen molar-refractivity contribution < 1.29 is 4.74 Å². The van der Waals surface area contributed by atoms with Crippen molar-refractivity contribution >= 4 is 0 Å². The number of aryl methyl sites for hydroxylation is 1. The Morgan fingerprint density at radius 3 is 3.00 bits per heavy atom. The molecule has 102 valence electrons. The number of ether oxygens (including phenoxy) is 1. The smallest absolute Gasteiger partial charge is 0.216 e. The van der Waals surface area contributed by atoms with Gasteiger partial charge in [-0.15, -0.1) is 5.10 Å². The summed E-state index contributed by atoms with van der Waals surface area (Å²) in [5.41, 5.74) is 4.28. The van der Waals surface area contributed by atoms with E-state index in [1.807, 2.05) is 0 Å². The molecule has 0 amide bonds. The average molecular weight is 263 g/mol. The zero-order valence-electron chi connectivity index (χ0n) is 10.9. The van der Waals surface area contributed by atoms with Crippen LogP contribution in [0.5, 0.6) is 5.88 Å². The van der Waals surface area contributed by atoms with Crippen LogP contribution < -0.4 is 16.0 Å². The standard InChI is InChI=1S/C11H17N7O/c1-3-4-18-9(6-15-17-18)11(16-12)8-5-10(19-2)14-7-13-8/h5-7,11,16H,3-4,12H2,1-2H3. The summed E-state index contributed by atoms with van der Waals surface area (Å²) in [5.74, 6) is 6.12. The van der Waals surface area contributed by atoms with Crippen LogP contribution in [0.15, 0.2) is 18.6 Å². The highest BCUT2D eigenvalue weighted by Gasteiger charge is 2.19. The maximum absolute atomic E-state index is 5.63. The van der Waals surface area contributed by atoms with Crippen molar-refractivity contribution in [1.29, 1.82) is 0 Å². The Morgan fingerprint density at radius 1 is 1.47 bits per heavy atom. The van der Waals surface area contributed by atoms with Gasteiger partial charge in [0.05, 0.1) is 24.7 Å². The van der Waals surface area contributed by atoms with E-state index in [0.29, 0.717) is 11.6 Å². The molecule has 2 rings (SSSR count). The van der Waals surface area contributed by atoms with Gasteiger partial charge in [0, 0.05) is 12.6 Å². The van der Waals surface area contributed by atoms with Crippen LogP contribution in [0.1, 0.15) is 30.8 Å². The Bertz CT molecular complexity index is 527. The molecule has 0 aliphatic rings. The number of methoxy groups -OCH3 is 1. The van der Waals surface area contributed by atoms with Crippen molar-refractivity contribution in [3.8, 4) is 5.88 Å². The highest BCUT2D eigenvalue weighted by atomic mass is 16.5. The monoisotopic (exact) mass is 263 g/mol. The number of nitrogens with one attached hydrogen (secondary N) is 1. The Morgan fingerprint density at radius 2 is 2.32 bits per heavy atom. The minimum Gasteiger partial charge on any atom is -0.481 e. The van der Waals surface area contributed by atoms with Crippen LogP contribution in [0, 0.1) is 0 Å². The van der Waals surface area contributed by atoms with Gasteiger partial charge in [-0.1, -0.05) is 12.1 Å². The first kappa shape index (κ1) is 13.4. The number of hydrogen-bond acceptors (Lipinski definition) is 7. The molecule has 0 bridgehead atoms. The molecule has 3 N–H and O–H groups in total. The number of rotatable bonds is 6. The lowest BCUT2D eigenvalue weighted by atomic mass is 10.1. The van der Waals surface area contributed by atoms with E-state index in [1.165, 1.54) is 6.33 Å². The van der Waals surface area contributed by atoms with Crippen molar-refractivity contribution in [2.75, 3.05) is 7.11 Å². The van der Waals surface area contributed by atoms with Gasteiger partial charge in [0.1, 0.15) is 12.4 Å². The molecule has 8 nitrogen and oxygen atoms in total. The first-order chi connectivity index (χ1) is 9.30. The molecule has 2 aromatic rings. The van der Waals surface area contributed by atoms with E-state index in [4.69, 9.17) is 10.6 Å². The molecule has 2 aromatic heterocycles. The number of nitrogens with zero attached hydrogens (tertiary/aromatic N) is 5. The van der Waals surface area contributed by atoms with E-state index in [-0.39, 0.29) is 6.04 Å². The third kappa shape index (κ3) is 2.85. The van der Waals surface area contributed by atoms with E-state index in [2.05, 4.69) is 32.6 Å². The van der Waals surface area contributed by atoms with Crippen molar-refractivity contribution in [2.45, 2.75) is 25.9 Å². The molecule has 0 aliphatic carbocycles. The van der Waals surface area contributed by atoms with Crippen molar-refractivity contribution in [3.63, 3.8) is 0 Å². The maximum atomic E-state index is 5.63. The summed E-state index contributed by atoms with van der Waals surface area (Å²) in [4.78, 5) is 8.19. The normalized spacial score (nSPS) is 12.4. The highest BCUT2D eigenvalue weighted by Crippen LogP contribution is 2.20. The molecule has 0 radical (unpaired) electrons. The van der Waals surface area contributed by atoms with Gasteiger partial charge in [-0.05, 0) is 6.42 Å². The van der Waals surface area contributed by atoms with Crippen molar-refractivity contribution in [1.82, 2.24) is 30.4 Å². The highest BCUT2D eigenvalue weighted by molar-refractivity contribution is 5.23. The molecule has 19 heavy (non-hydrogen) atoms. The molecule has 0 aliphatic heterocycles. The van der Waals surface area contributed by atoms with Gasteiger partial charge in [0.2, 0.25) is 5.88 Å². The van der Waals surface area contributed by atoms with Gasteiger partial charge in [0.25, 0.3) is 0 Å². The predicted octanol–water partition coefficient (Wildman–Crippen LogP) is 0.0394. The fraction of sp³-hybridized carbons (Fsp3) is 0.455. The van der Waals surface area contributed by atoms with Gasteiger partial charge in [-0.25, -0.2) is 20.1 Å². The van der Waals surface area contributed by atoms with E-state index >= 15 is 0 Å². The quantitative estimate of drug-likeness (QED) is 0.560. The van der Waals surface area contributed by atoms with Crippen LogP contribution in [0.3, 0.4) is 0 Å². The summed E-state index contributed by atoms with van der Waals surface area (Å²) >= 11 is 0. The second-order valence-electron chi connectivity index (χ2n) is 3.97. The molecule has 1 atom stereocenters. The third-order valence-corrected chi connectivity index (χ3v) is 2.71. The average Bonchev–Trinajstić information content (AvgIpc) is 2.89. The zero-order valence-corrected chi connectivity index (χ0v) is 10.9. The number of aromatic nitrogens is 5. The molecular formula is C11H17N7O. The summed E-state index contributed by atoms with van der Waals surface area (Å²) in [7, 11) is 1.56. The van der Waals surface area contributed by atoms with Crippen LogP contribution >= 0.6 is 0 Å². The van der Waals surface area contributed by atoms with Crippen LogP contribution in [-0.4, -0.2) is 32.1 Å². The lowest BCUT2D eigenvalue weighted by Gasteiger charge is -2.16. The minimum atomic E-state index is -0.307. The van der Waals surface area contributed by atoms with Crippen molar-refractivity contribution in [3.05, 3.63) is 30.0 Å². The van der Waals surface area contributed by atoms with E-state index in [1.54, 1.807) is 24.1 Å². The van der Waals surface area contributed by atoms with E-state index < -0.39 is 0 Å². The molecule has 0 saturated heterocycles. The minimum absolute atomic E-state index is 0.307. The summed E-state index contributed by atoms with van der Waals surface area (Å²) in [5, 5.41) is 7.96. The van der Waals surface area contributed by atoms with Gasteiger partial charge >= 0.3 is 0 Å². The first-order valence-corrected chi connectivity index (χ1v) is 6.00. The number of hydrogen-bond donors (Lipinski definition) is 2. The third-order valence-electron chi connectivity index (χ3n) is 2.71. The zero-order chi connectivity index (χ0) is 13.7. The van der Waals surface area contributed by atoms with E-state index in [9.17, 15) is 0 Å². The van der Waals surface area contributed by atoms with Gasteiger partial charge < -0.3 is 4.74 Å². The van der Waals surface area contributed by atoms with Crippen LogP contribution in [0.4, 0.5) is 0 Å². The predicted molar refractivity (Wildman–Crippen MR) is 68.1 cm³/mol. The Balaban J connectivity index is 2.35. The van der Waals surface area contributed by atoms with Crippen LogP contribution in [-0.2, 0) is 6.54 Å². The maximum Gasteiger partial charge on any atom is 0.216 e. The summed E-state index contributed by atoms with van der Waals surface area (Å²) in [6.45, 7) is 2.85. The molecule has 0 aromatic carbocycles. The fourth-order valence-electron chi connectivity index (χ4n) is 1.82. The van der Waals surface area contributed by atoms with Crippen molar-refractivity contribution in [2.24, 2.45) is 5.84 Å². The lowest BCUT2D eigenvalue weighted by molar-refractivity contribution is 0.394. The lowest BCUT2D eigenvalue weighted by Crippen LogP contribution is -2.31. The first-order valence-electron chi connectivity index (χ1n) is 6.00. The van der Waals surface area contributed by atoms with Gasteiger partial charge in [-0.2, -0.15) is 0 Å². The SMILES string of the molecule is CCCn1nncc1C(NN)c1cc(OC)ncn1. The Hall–Kier alpha value is -2.06. The summed E-state index contributed by atoms with van der Waals surface area (Å²) < 4.78 is 6.89. The molecular weight excluding hydrogens is 246 g/mol. The summed E-state index contributed by atoms with van der Waals surface area (Å²) in [6.07, 6.45) is 4.07.